The van der Waals surface area contributed by atoms with E-state index in [0.717, 1.165) is 5.56 Å². The van der Waals surface area contributed by atoms with Crippen molar-refractivity contribution in [2.45, 2.75) is 6.54 Å². The zero-order valence-electron chi connectivity index (χ0n) is 14.8. The molecule has 0 radical (unpaired) electrons. The third-order valence-corrected chi connectivity index (χ3v) is 4.49. The van der Waals surface area contributed by atoms with Crippen LogP contribution in [-0.2, 0) is 11.3 Å². The highest BCUT2D eigenvalue weighted by Gasteiger charge is 2.09. The van der Waals surface area contributed by atoms with Gasteiger partial charge < -0.3 is 16.0 Å². The molecular formula is C20H18N4O3S. The standard InChI is InChI=1S/C20H18N4O3S/c25-18(12-23-19(26)16-6-9-28-13-16)22-11-14-2-1-3-17(10-14)24-20(27)15-4-7-21-8-5-15/h1-10,13H,11-12H2,(H,22,25)(H,23,26)(H,24,27). The normalized spacial score (nSPS) is 10.1. The van der Waals surface area contributed by atoms with E-state index in [1.807, 2.05) is 6.07 Å². The van der Waals surface area contributed by atoms with E-state index >= 15 is 0 Å². The van der Waals surface area contributed by atoms with Gasteiger partial charge >= 0.3 is 0 Å². The highest BCUT2D eigenvalue weighted by atomic mass is 32.1. The van der Waals surface area contributed by atoms with Crippen molar-refractivity contribution < 1.29 is 14.4 Å². The van der Waals surface area contributed by atoms with Crippen LogP contribution in [0.4, 0.5) is 5.69 Å². The number of anilines is 1. The number of nitrogens with one attached hydrogen (secondary N) is 3. The zero-order chi connectivity index (χ0) is 19.8. The van der Waals surface area contributed by atoms with Crippen LogP contribution in [0.25, 0.3) is 0 Å². The summed E-state index contributed by atoms with van der Waals surface area (Å²) >= 11 is 1.42. The summed E-state index contributed by atoms with van der Waals surface area (Å²) in [6.07, 6.45) is 3.11. The maximum Gasteiger partial charge on any atom is 0.255 e. The molecule has 0 saturated heterocycles. The van der Waals surface area contributed by atoms with Gasteiger partial charge in [0, 0.05) is 41.1 Å². The fourth-order valence-corrected chi connectivity index (χ4v) is 3.02. The highest BCUT2D eigenvalue weighted by molar-refractivity contribution is 7.08. The summed E-state index contributed by atoms with van der Waals surface area (Å²) in [5.74, 6) is -0.813. The van der Waals surface area contributed by atoms with Gasteiger partial charge in [-0.3, -0.25) is 19.4 Å². The first-order valence-corrected chi connectivity index (χ1v) is 9.43. The van der Waals surface area contributed by atoms with Crippen molar-refractivity contribution in [3.8, 4) is 0 Å². The van der Waals surface area contributed by atoms with Crippen LogP contribution >= 0.6 is 11.3 Å². The Labute approximate surface area is 165 Å². The molecule has 7 nitrogen and oxygen atoms in total. The number of rotatable bonds is 7. The van der Waals surface area contributed by atoms with Gasteiger partial charge in [0.25, 0.3) is 11.8 Å². The maximum atomic E-state index is 12.2. The van der Waals surface area contributed by atoms with Crippen LogP contribution in [0.5, 0.6) is 0 Å². The molecule has 0 bridgehead atoms. The van der Waals surface area contributed by atoms with Crippen molar-refractivity contribution in [1.29, 1.82) is 0 Å². The van der Waals surface area contributed by atoms with E-state index in [0.29, 0.717) is 16.8 Å². The van der Waals surface area contributed by atoms with Gasteiger partial charge in [-0.1, -0.05) is 12.1 Å². The topological polar surface area (TPSA) is 100 Å². The van der Waals surface area contributed by atoms with Crippen molar-refractivity contribution in [2.75, 3.05) is 11.9 Å². The second-order valence-corrected chi connectivity index (χ2v) is 6.64. The molecular weight excluding hydrogens is 376 g/mol. The Morgan fingerprint density at radius 3 is 2.50 bits per heavy atom. The Hall–Kier alpha value is -3.52. The van der Waals surface area contributed by atoms with E-state index in [1.165, 1.54) is 11.3 Å². The lowest BCUT2D eigenvalue weighted by Gasteiger charge is -2.09. The number of nitrogens with zero attached hydrogens (tertiary/aromatic N) is 1. The monoisotopic (exact) mass is 394 g/mol. The molecule has 3 aromatic rings. The first-order chi connectivity index (χ1) is 13.6. The first-order valence-electron chi connectivity index (χ1n) is 8.49. The van der Waals surface area contributed by atoms with Crippen LogP contribution in [0.2, 0.25) is 0 Å². The molecule has 0 aliphatic heterocycles. The van der Waals surface area contributed by atoms with Gasteiger partial charge in [-0.2, -0.15) is 11.3 Å². The number of pyridine rings is 1. The van der Waals surface area contributed by atoms with Gasteiger partial charge in [-0.25, -0.2) is 0 Å². The summed E-state index contributed by atoms with van der Waals surface area (Å²) in [6.45, 7) is 0.180. The molecule has 142 valence electrons. The molecule has 3 amide bonds. The number of hydrogen-bond donors (Lipinski definition) is 3. The number of amides is 3. The first kappa shape index (κ1) is 19.2. The predicted molar refractivity (Wildman–Crippen MR) is 107 cm³/mol. The molecule has 2 heterocycles. The molecule has 1 aromatic carbocycles. The number of carbonyl (C=O) groups is 3. The molecule has 0 aliphatic rings. The van der Waals surface area contributed by atoms with Crippen molar-refractivity contribution in [1.82, 2.24) is 15.6 Å². The molecule has 0 fully saturated rings. The summed E-state index contributed by atoms with van der Waals surface area (Å²) < 4.78 is 0. The van der Waals surface area contributed by atoms with Crippen LogP contribution in [0.3, 0.4) is 0 Å². The number of thiophene rings is 1. The largest absolute Gasteiger partial charge is 0.350 e. The number of hydrogen-bond acceptors (Lipinski definition) is 5. The average Bonchev–Trinajstić information content (AvgIpc) is 3.26. The van der Waals surface area contributed by atoms with E-state index in [1.54, 1.807) is 59.6 Å². The lowest BCUT2D eigenvalue weighted by Crippen LogP contribution is -2.36. The molecule has 0 atom stereocenters. The fourth-order valence-electron chi connectivity index (χ4n) is 2.39. The molecule has 3 rings (SSSR count). The molecule has 0 unspecified atom stereocenters. The Balaban J connectivity index is 1.48. The molecule has 0 saturated carbocycles. The predicted octanol–water partition coefficient (Wildman–Crippen LogP) is 2.44. The molecule has 8 heteroatoms. The highest BCUT2D eigenvalue weighted by Crippen LogP contribution is 2.12. The van der Waals surface area contributed by atoms with Crippen molar-refractivity contribution in [2.24, 2.45) is 0 Å². The lowest BCUT2D eigenvalue weighted by molar-refractivity contribution is -0.120. The van der Waals surface area contributed by atoms with Gasteiger partial charge in [0.05, 0.1) is 6.54 Å². The SMILES string of the molecule is O=C(CNC(=O)c1ccsc1)NCc1cccc(NC(=O)c2ccncc2)c1. The van der Waals surface area contributed by atoms with E-state index < -0.39 is 0 Å². The van der Waals surface area contributed by atoms with Crippen LogP contribution in [-0.4, -0.2) is 29.3 Å². The minimum absolute atomic E-state index is 0.104. The Bertz CT molecular complexity index is 959. The summed E-state index contributed by atoms with van der Waals surface area (Å²) in [6, 6.07) is 12.1. The van der Waals surface area contributed by atoms with Crippen molar-refractivity contribution in [3.63, 3.8) is 0 Å². The van der Waals surface area contributed by atoms with Crippen LogP contribution in [0.1, 0.15) is 26.3 Å². The minimum Gasteiger partial charge on any atom is -0.350 e. The Kier molecular flexibility index (Phi) is 6.48. The van der Waals surface area contributed by atoms with Crippen LogP contribution in [0, 0.1) is 0 Å². The molecule has 2 aromatic heterocycles. The van der Waals surface area contributed by atoms with E-state index in [-0.39, 0.29) is 30.8 Å². The third kappa shape index (κ3) is 5.49. The maximum absolute atomic E-state index is 12.2. The van der Waals surface area contributed by atoms with E-state index in [2.05, 4.69) is 20.9 Å². The Morgan fingerprint density at radius 2 is 1.75 bits per heavy atom. The van der Waals surface area contributed by atoms with Gasteiger partial charge in [0.15, 0.2) is 0 Å². The smallest absolute Gasteiger partial charge is 0.255 e. The second kappa shape index (κ2) is 9.43. The van der Waals surface area contributed by atoms with Gasteiger partial charge in [0.2, 0.25) is 5.91 Å². The summed E-state index contributed by atoms with van der Waals surface area (Å²) in [7, 11) is 0. The zero-order valence-corrected chi connectivity index (χ0v) is 15.7. The van der Waals surface area contributed by atoms with E-state index in [9.17, 15) is 14.4 Å². The quantitative estimate of drug-likeness (QED) is 0.573. The van der Waals surface area contributed by atoms with Crippen LogP contribution in [0.15, 0.2) is 65.6 Å². The van der Waals surface area contributed by atoms with Gasteiger partial charge in [-0.15, -0.1) is 0 Å². The van der Waals surface area contributed by atoms with Crippen LogP contribution < -0.4 is 16.0 Å². The van der Waals surface area contributed by atoms with E-state index in [4.69, 9.17) is 0 Å². The summed E-state index contributed by atoms with van der Waals surface area (Å²) in [5, 5.41) is 11.6. The molecule has 0 aliphatic carbocycles. The summed E-state index contributed by atoms with van der Waals surface area (Å²) in [5.41, 5.74) is 2.50. The van der Waals surface area contributed by atoms with Gasteiger partial charge in [-0.05, 0) is 41.3 Å². The van der Waals surface area contributed by atoms with Gasteiger partial charge in [0.1, 0.15) is 0 Å². The fraction of sp³-hybridized carbons (Fsp3) is 0.100. The second-order valence-electron chi connectivity index (χ2n) is 5.86. The molecule has 28 heavy (non-hydrogen) atoms. The lowest BCUT2D eigenvalue weighted by atomic mass is 10.2. The molecule has 3 N–H and O–H groups in total. The number of aromatic nitrogens is 1. The minimum atomic E-state index is -0.296. The van der Waals surface area contributed by atoms with Crippen molar-refractivity contribution in [3.05, 3.63) is 82.3 Å². The number of benzene rings is 1. The number of carbonyl (C=O) groups excluding carboxylic acids is 3. The summed E-state index contributed by atoms with van der Waals surface area (Å²) in [4.78, 5) is 39.8. The molecule has 0 spiro atoms. The third-order valence-electron chi connectivity index (χ3n) is 3.81. The van der Waals surface area contributed by atoms with Crippen molar-refractivity contribution >= 4 is 34.7 Å². The average molecular weight is 394 g/mol. The Morgan fingerprint density at radius 1 is 0.929 bits per heavy atom.